The fourth-order valence-corrected chi connectivity index (χ4v) is 3.76. The van der Waals surface area contributed by atoms with E-state index in [0.717, 1.165) is 30.0 Å². The summed E-state index contributed by atoms with van der Waals surface area (Å²) >= 11 is 12.2. The maximum atomic E-state index is 6.16. The highest BCUT2D eigenvalue weighted by Crippen LogP contribution is 2.52. The van der Waals surface area contributed by atoms with Crippen molar-refractivity contribution in [2.24, 2.45) is 0 Å². The van der Waals surface area contributed by atoms with Crippen LogP contribution in [0.2, 0.25) is 10.0 Å². The van der Waals surface area contributed by atoms with Crippen molar-refractivity contribution < 1.29 is 4.74 Å². The summed E-state index contributed by atoms with van der Waals surface area (Å²) < 4.78 is 7.00. The van der Waals surface area contributed by atoms with Crippen molar-refractivity contribution in [3.63, 3.8) is 0 Å². The molecule has 0 amide bonds. The summed E-state index contributed by atoms with van der Waals surface area (Å²) in [6, 6.07) is 13.5. The number of ether oxygens (including phenoxy) is 1. The van der Waals surface area contributed by atoms with Crippen LogP contribution in [0, 0.1) is 0 Å². The van der Waals surface area contributed by atoms with Crippen LogP contribution in [0.4, 0.5) is 0 Å². The molecule has 0 aliphatic heterocycles. The highest BCUT2D eigenvalue weighted by molar-refractivity contribution is 6.42. The lowest BCUT2D eigenvalue weighted by molar-refractivity contribution is 0.414. The van der Waals surface area contributed by atoms with Crippen LogP contribution in [0.5, 0.6) is 5.75 Å². The van der Waals surface area contributed by atoms with Gasteiger partial charge in [0.25, 0.3) is 5.78 Å². The molecule has 0 spiro atoms. The minimum Gasteiger partial charge on any atom is -0.497 e. The number of hydrogen-bond donors (Lipinski definition) is 0. The molecule has 28 heavy (non-hydrogen) atoms. The fourth-order valence-electron chi connectivity index (χ4n) is 3.46. The van der Waals surface area contributed by atoms with Crippen LogP contribution < -0.4 is 4.74 Å². The highest BCUT2D eigenvalue weighted by atomic mass is 35.5. The second-order valence-corrected chi connectivity index (χ2v) is 7.63. The molecule has 0 bridgehead atoms. The lowest BCUT2D eigenvalue weighted by Crippen LogP contribution is -2.15. The number of benzene rings is 2. The van der Waals surface area contributed by atoms with Crippen molar-refractivity contribution in [2.45, 2.75) is 18.3 Å². The second-order valence-electron chi connectivity index (χ2n) is 6.82. The van der Waals surface area contributed by atoms with Crippen LogP contribution in [-0.2, 0) is 5.41 Å². The van der Waals surface area contributed by atoms with E-state index in [0.29, 0.717) is 21.5 Å². The van der Waals surface area contributed by atoms with Gasteiger partial charge in [-0.2, -0.15) is 9.61 Å². The van der Waals surface area contributed by atoms with Crippen LogP contribution in [0.3, 0.4) is 0 Å². The molecule has 140 valence electrons. The first kappa shape index (κ1) is 17.4. The summed E-state index contributed by atoms with van der Waals surface area (Å²) in [6.07, 6.45) is 3.64. The monoisotopic (exact) mass is 411 g/mol. The van der Waals surface area contributed by atoms with Crippen LogP contribution in [0.25, 0.3) is 17.0 Å². The standard InChI is InChI=1S/C20H15Cl2N5O/c1-28-14-5-3-13(4-6-14)20(8-9-20)18-24-25-19-23-11-17(26-27(18)19)12-2-7-15(21)16(22)10-12/h2-7,10-11H,8-9H2,1H3. The molecule has 8 heteroatoms. The molecule has 0 radical (unpaired) electrons. The van der Waals surface area contributed by atoms with Gasteiger partial charge in [-0.3, -0.25) is 0 Å². The number of hydrogen-bond acceptors (Lipinski definition) is 5. The zero-order valence-electron chi connectivity index (χ0n) is 14.9. The molecule has 1 aliphatic carbocycles. The second kappa shape index (κ2) is 6.43. The zero-order valence-corrected chi connectivity index (χ0v) is 16.4. The maximum absolute atomic E-state index is 6.16. The van der Waals surface area contributed by atoms with Gasteiger partial charge in [-0.15, -0.1) is 10.2 Å². The molecule has 0 saturated heterocycles. The van der Waals surface area contributed by atoms with E-state index in [-0.39, 0.29) is 5.41 Å². The predicted molar refractivity (Wildman–Crippen MR) is 107 cm³/mol. The molecule has 1 aliphatic rings. The Labute approximate surface area is 171 Å². The van der Waals surface area contributed by atoms with Crippen LogP contribution in [0.15, 0.2) is 48.7 Å². The Balaban J connectivity index is 1.61. The van der Waals surface area contributed by atoms with E-state index in [4.69, 9.17) is 33.0 Å². The topological polar surface area (TPSA) is 65.2 Å². The van der Waals surface area contributed by atoms with Gasteiger partial charge in [-0.1, -0.05) is 41.4 Å². The molecule has 1 fully saturated rings. The molecule has 0 atom stereocenters. The molecule has 1 saturated carbocycles. The van der Waals surface area contributed by atoms with Gasteiger partial charge in [0.2, 0.25) is 0 Å². The largest absolute Gasteiger partial charge is 0.497 e. The summed E-state index contributed by atoms with van der Waals surface area (Å²) in [5, 5.41) is 14.4. The van der Waals surface area contributed by atoms with E-state index < -0.39 is 0 Å². The molecule has 2 aromatic carbocycles. The Morgan fingerprint density at radius 3 is 2.46 bits per heavy atom. The maximum Gasteiger partial charge on any atom is 0.271 e. The lowest BCUT2D eigenvalue weighted by Gasteiger charge is -2.14. The van der Waals surface area contributed by atoms with Crippen LogP contribution in [0.1, 0.15) is 24.2 Å². The van der Waals surface area contributed by atoms with E-state index in [1.54, 1.807) is 30.0 Å². The van der Waals surface area contributed by atoms with E-state index in [9.17, 15) is 0 Å². The normalized spacial score (nSPS) is 15.0. The molecule has 5 rings (SSSR count). The number of methoxy groups -OCH3 is 1. The summed E-state index contributed by atoms with van der Waals surface area (Å²) in [4.78, 5) is 4.42. The first-order valence-electron chi connectivity index (χ1n) is 8.80. The van der Waals surface area contributed by atoms with Crippen molar-refractivity contribution in [2.75, 3.05) is 7.11 Å². The molecule has 6 nitrogen and oxygen atoms in total. The number of halogens is 2. The van der Waals surface area contributed by atoms with Crippen molar-refractivity contribution in [3.05, 3.63) is 70.1 Å². The number of aromatic nitrogens is 5. The average molecular weight is 412 g/mol. The first-order chi connectivity index (χ1) is 13.6. The Hall–Kier alpha value is -2.70. The minimum absolute atomic E-state index is 0.198. The van der Waals surface area contributed by atoms with Gasteiger partial charge in [0.05, 0.1) is 28.8 Å². The van der Waals surface area contributed by atoms with Gasteiger partial charge < -0.3 is 4.74 Å². The third-order valence-corrected chi connectivity index (χ3v) is 5.91. The highest BCUT2D eigenvalue weighted by Gasteiger charge is 2.50. The SMILES string of the molecule is COc1ccc(C2(c3nnc4ncc(-c5ccc(Cl)c(Cl)c5)nn34)CC2)cc1. The molecule has 4 aromatic rings. The smallest absolute Gasteiger partial charge is 0.271 e. The van der Waals surface area contributed by atoms with Gasteiger partial charge in [0.15, 0.2) is 5.82 Å². The van der Waals surface area contributed by atoms with Gasteiger partial charge in [0.1, 0.15) is 11.4 Å². The minimum atomic E-state index is -0.198. The molecule has 2 aromatic heterocycles. The van der Waals surface area contributed by atoms with Crippen LogP contribution >= 0.6 is 23.2 Å². The fraction of sp³-hybridized carbons (Fsp3) is 0.200. The third kappa shape index (κ3) is 2.72. The van der Waals surface area contributed by atoms with E-state index in [1.165, 1.54) is 5.56 Å². The lowest BCUT2D eigenvalue weighted by atomic mass is 9.95. The molecule has 2 heterocycles. The summed E-state index contributed by atoms with van der Waals surface area (Å²) in [5.74, 6) is 2.09. The summed E-state index contributed by atoms with van der Waals surface area (Å²) in [7, 11) is 1.66. The molecule has 0 N–H and O–H groups in total. The van der Waals surface area contributed by atoms with E-state index in [2.05, 4.69) is 27.3 Å². The third-order valence-electron chi connectivity index (χ3n) is 5.17. The zero-order chi connectivity index (χ0) is 19.3. The van der Waals surface area contributed by atoms with Crippen LogP contribution in [-0.4, -0.2) is 31.9 Å². The van der Waals surface area contributed by atoms with Gasteiger partial charge in [-0.25, -0.2) is 4.98 Å². The quantitative estimate of drug-likeness (QED) is 0.491. The Kier molecular flexibility index (Phi) is 4.00. The van der Waals surface area contributed by atoms with Crippen molar-refractivity contribution in [1.29, 1.82) is 0 Å². The van der Waals surface area contributed by atoms with E-state index >= 15 is 0 Å². The van der Waals surface area contributed by atoms with Gasteiger partial charge in [0, 0.05) is 5.56 Å². The predicted octanol–water partition coefficient (Wildman–Crippen LogP) is 4.58. The van der Waals surface area contributed by atoms with Gasteiger partial charge >= 0.3 is 0 Å². The number of rotatable bonds is 4. The van der Waals surface area contributed by atoms with E-state index in [1.807, 2.05) is 18.2 Å². The summed E-state index contributed by atoms with van der Waals surface area (Å²) in [5.41, 5.74) is 2.48. The Morgan fingerprint density at radius 1 is 1.00 bits per heavy atom. The first-order valence-corrected chi connectivity index (χ1v) is 9.55. The molecular formula is C20H15Cl2N5O. The Morgan fingerprint density at radius 2 is 1.79 bits per heavy atom. The molecule has 0 unspecified atom stereocenters. The Bertz CT molecular complexity index is 1190. The average Bonchev–Trinajstić information content (AvgIpc) is 3.42. The molecular weight excluding hydrogens is 397 g/mol. The summed E-state index contributed by atoms with van der Waals surface area (Å²) in [6.45, 7) is 0. The van der Waals surface area contributed by atoms with Crippen molar-refractivity contribution >= 4 is 29.0 Å². The number of fused-ring (bicyclic) bond motifs is 1. The van der Waals surface area contributed by atoms with Crippen molar-refractivity contribution in [1.82, 2.24) is 24.8 Å². The number of nitrogens with zero attached hydrogens (tertiary/aromatic N) is 5. The van der Waals surface area contributed by atoms with Gasteiger partial charge in [-0.05, 0) is 42.7 Å². The van der Waals surface area contributed by atoms with Crippen molar-refractivity contribution in [3.8, 4) is 17.0 Å².